The van der Waals surface area contributed by atoms with Gasteiger partial charge in [-0.1, -0.05) is 36.4 Å². The van der Waals surface area contributed by atoms with E-state index in [1.54, 1.807) is 31.2 Å². The fourth-order valence-electron chi connectivity index (χ4n) is 3.35. The number of benzene rings is 3. The van der Waals surface area contributed by atoms with Gasteiger partial charge in [0.05, 0.1) is 25.5 Å². The van der Waals surface area contributed by atoms with Gasteiger partial charge >= 0.3 is 0 Å². The second kappa shape index (κ2) is 8.75. The van der Waals surface area contributed by atoms with Crippen molar-refractivity contribution in [2.24, 2.45) is 0 Å². The maximum atomic E-state index is 13.3. The lowest BCUT2D eigenvalue weighted by Gasteiger charge is -2.11. The van der Waals surface area contributed by atoms with Crippen molar-refractivity contribution in [3.63, 3.8) is 0 Å². The molecule has 1 N–H and O–H groups in total. The van der Waals surface area contributed by atoms with Crippen LogP contribution in [0.2, 0.25) is 0 Å². The molecule has 0 saturated heterocycles. The van der Waals surface area contributed by atoms with Crippen LogP contribution >= 0.6 is 0 Å². The molecular formula is C25H23N3O3. The van der Waals surface area contributed by atoms with Crippen LogP contribution in [-0.2, 0) is 0 Å². The van der Waals surface area contributed by atoms with Crippen molar-refractivity contribution in [1.82, 2.24) is 9.78 Å². The molecule has 1 aromatic heterocycles. The van der Waals surface area contributed by atoms with E-state index in [0.29, 0.717) is 28.3 Å². The Morgan fingerprint density at radius 1 is 0.935 bits per heavy atom. The Morgan fingerprint density at radius 2 is 1.68 bits per heavy atom. The Labute approximate surface area is 181 Å². The van der Waals surface area contributed by atoms with Crippen LogP contribution in [-0.4, -0.2) is 29.9 Å². The van der Waals surface area contributed by atoms with Crippen molar-refractivity contribution in [3.05, 3.63) is 90.1 Å². The minimum absolute atomic E-state index is 0.246. The van der Waals surface area contributed by atoms with Crippen molar-refractivity contribution in [3.8, 4) is 28.4 Å². The van der Waals surface area contributed by atoms with Crippen molar-refractivity contribution in [1.29, 1.82) is 0 Å². The quantitative estimate of drug-likeness (QED) is 0.477. The average Bonchev–Trinajstić information content (AvgIpc) is 3.26. The largest absolute Gasteiger partial charge is 0.497 e. The number of amides is 1. The minimum Gasteiger partial charge on any atom is -0.497 e. The summed E-state index contributed by atoms with van der Waals surface area (Å²) in [6.45, 7) is 1.95. The fourth-order valence-corrected chi connectivity index (χ4v) is 3.35. The van der Waals surface area contributed by atoms with Crippen LogP contribution in [0, 0.1) is 6.92 Å². The van der Waals surface area contributed by atoms with Crippen LogP contribution in [0.15, 0.2) is 79.0 Å². The highest BCUT2D eigenvalue weighted by Gasteiger charge is 2.22. The van der Waals surface area contributed by atoms with Gasteiger partial charge in [-0.3, -0.25) is 4.79 Å². The summed E-state index contributed by atoms with van der Waals surface area (Å²) < 4.78 is 12.6. The highest BCUT2D eigenvalue weighted by molar-refractivity contribution is 6.08. The third-order valence-corrected chi connectivity index (χ3v) is 5.04. The van der Waals surface area contributed by atoms with Crippen LogP contribution in [0.1, 0.15) is 15.9 Å². The Hall–Kier alpha value is -4.06. The van der Waals surface area contributed by atoms with Gasteiger partial charge in [-0.25, -0.2) is 4.68 Å². The molecule has 0 saturated carbocycles. The van der Waals surface area contributed by atoms with E-state index >= 15 is 0 Å². The molecule has 0 aliphatic carbocycles. The van der Waals surface area contributed by atoms with E-state index in [0.717, 1.165) is 16.9 Å². The molecule has 0 spiro atoms. The number of aromatic nitrogens is 2. The van der Waals surface area contributed by atoms with E-state index in [1.807, 2.05) is 73.7 Å². The fraction of sp³-hybridized carbons (Fsp3) is 0.120. The molecule has 1 heterocycles. The number of carbonyl (C=O) groups is 1. The van der Waals surface area contributed by atoms with Crippen LogP contribution < -0.4 is 14.8 Å². The van der Waals surface area contributed by atoms with E-state index < -0.39 is 0 Å². The molecule has 0 radical (unpaired) electrons. The van der Waals surface area contributed by atoms with Gasteiger partial charge in [0.25, 0.3) is 5.91 Å². The molecule has 6 nitrogen and oxygen atoms in total. The van der Waals surface area contributed by atoms with E-state index in [-0.39, 0.29) is 5.91 Å². The van der Waals surface area contributed by atoms with Gasteiger partial charge in [0, 0.05) is 23.5 Å². The molecule has 4 aromatic rings. The van der Waals surface area contributed by atoms with Crippen molar-refractivity contribution >= 4 is 11.6 Å². The smallest absolute Gasteiger partial charge is 0.259 e. The maximum Gasteiger partial charge on any atom is 0.259 e. The zero-order valence-electron chi connectivity index (χ0n) is 17.6. The van der Waals surface area contributed by atoms with Gasteiger partial charge in [0.2, 0.25) is 0 Å². The van der Waals surface area contributed by atoms with Gasteiger partial charge in [0.15, 0.2) is 0 Å². The third-order valence-electron chi connectivity index (χ3n) is 5.04. The van der Waals surface area contributed by atoms with Crippen LogP contribution in [0.25, 0.3) is 16.9 Å². The molecule has 1 amide bonds. The molecule has 156 valence electrons. The average molecular weight is 413 g/mol. The number of nitrogens with one attached hydrogen (secondary N) is 1. The molecule has 31 heavy (non-hydrogen) atoms. The standard InChI is InChI=1S/C25H23N3O3/c1-17-9-7-8-12-22(17)26-25(29)21-16-28(18-10-5-4-6-11-18)27-24(21)20-14-13-19(30-2)15-23(20)31-3/h4-16H,1-3H3,(H,26,29). The van der Waals surface area contributed by atoms with Crippen LogP contribution in [0.3, 0.4) is 0 Å². The van der Waals surface area contributed by atoms with E-state index in [1.165, 1.54) is 0 Å². The van der Waals surface area contributed by atoms with Gasteiger partial charge in [-0.05, 0) is 42.8 Å². The lowest BCUT2D eigenvalue weighted by Crippen LogP contribution is -2.13. The summed E-state index contributed by atoms with van der Waals surface area (Å²) >= 11 is 0. The van der Waals surface area contributed by atoms with Gasteiger partial charge in [-0.2, -0.15) is 5.10 Å². The summed E-state index contributed by atoms with van der Waals surface area (Å²) in [5, 5.41) is 7.74. The number of ether oxygens (including phenoxy) is 2. The first-order chi connectivity index (χ1) is 15.1. The Balaban J connectivity index is 1.83. The highest BCUT2D eigenvalue weighted by Crippen LogP contribution is 2.35. The number of methoxy groups -OCH3 is 2. The molecule has 0 aliphatic rings. The number of nitrogens with zero attached hydrogens (tertiary/aromatic N) is 2. The van der Waals surface area contributed by atoms with Crippen molar-refractivity contribution in [2.75, 3.05) is 19.5 Å². The summed E-state index contributed by atoms with van der Waals surface area (Å²) in [7, 11) is 3.18. The monoisotopic (exact) mass is 413 g/mol. The first-order valence-electron chi connectivity index (χ1n) is 9.85. The minimum atomic E-state index is -0.246. The first kappa shape index (κ1) is 20.2. The number of hydrogen-bond acceptors (Lipinski definition) is 4. The predicted molar refractivity (Wildman–Crippen MR) is 121 cm³/mol. The summed E-state index contributed by atoms with van der Waals surface area (Å²) in [6.07, 6.45) is 1.74. The molecule has 0 fully saturated rings. The second-order valence-corrected chi connectivity index (χ2v) is 7.01. The number of rotatable bonds is 6. The predicted octanol–water partition coefficient (Wildman–Crippen LogP) is 5.12. The number of hydrogen-bond donors (Lipinski definition) is 1. The molecule has 0 bridgehead atoms. The summed E-state index contributed by atoms with van der Waals surface area (Å²) in [5.74, 6) is 0.987. The van der Waals surface area contributed by atoms with Crippen molar-refractivity contribution in [2.45, 2.75) is 6.92 Å². The molecule has 0 atom stereocenters. The summed E-state index contributed by atoms with van der Waals surface area (Å²) in [4.78, 5) is 13.3. The number of carbonyl (C=O) groups excluding carboxylic acids is 1. The van der Waals surface area contributed by atoms with Crippen LogP contribution in [0.5, 0.6) is 11.5 Å². The van der Waals surface area contributed by atoms with E-state index in [2.05, 4.69) is 5.32 Å². The SMILES string of the molecule is COc1ccc(-c2nn(-c3ccccc3)cc2C(=O)Nc2ccccc2C)c(OC)c1. The number of aryl methyl sites for hydroxylation is 1. The topological polar surface area (TPSA) is 65.4 Å². The third kappa shape index (κ3) is 4.14. The molecule has 6 heteroatoms. The molecule has 0 unspecified atom stereocenters. The highest BCUT2D eigenvalue weighted by atomic mass is 16.5. The maximum absolute atomic E-state index is 13.3. The second-order valence-electron chi connectivity index (χ2n) is 7.01. The summed E-state index contributed by atoms with van der Waals surface area (Å²) in [6, 6.07) is 22.8. The summed E-state index contributed by atoms with van der Waals surface area (Å²) in [5.41, 5.74) is 4.26. The lowest BCUT2D eigenvalue weighted by molar-refractivity contribution is 0.102. The van der Waals surface area contributed by atoms with Crippen LogP contribution in [0.4, 0.5) is 5.69 Å². The number of para-hydroxylation sites is 2. The van der Waals surface area contributed by atoms with E-state index in [9.17, 15) is 4.79 Å². The first-order valence-corrected chi connectivity index (χ1v) is 9.85. The normalized spacial score (nSPS) is 10.5. The molecular weight excluding hydrogens is 390 g/mol. The Bertz CT molecular complexity index is 1220. The number of anilines is 1. The van der Waals surface area contributed by atoms with Gasteiger partial charge in [-0.15, -0.1) is 0 Å². The Kier molecular flexibility index (Phi) is 5.71. The van der Waals surface area contributed by atoms with Crippen molar-refractivity contribution < 1.29 is 14.3 Å². The Morgan fingerprint density at radius 3 is 2.39 bits per heavy atom. The zero-order valence-corrected chi connectivity index (χ0v) is 17.6. The van der Waals surface area contributed by atoms with Gasteiger partial charge in [0.1, 0.15) is 17.2 Å². The molecule has 4 rings (SSSR count). The molecule has 0 aliphatic heterocycles. The van der Waals surface area contributed by atoms with E-state index in [4.69, 9.17) is 14.6 Å². The van der Waals surface area contributed by atoms with Gasteiger partial charge < -0.3 is 14.8 Å². The molecule has 3 aromatic carbocycles. The zero-order chi connectivity index (χ0) is 21.8. The lowest BCUT2D eigenvalue weighted by atomic mass is 10.1.